The number of methoxy groups -OCH3 is 1. The van der Waals surface area contributed by atoms with Gasteiger partial charge >= 0.3 is 0 Å². The van der Waals surface area contributed by atoms with Crippen molar-refractivity contribution in [1.82, 2.24) is 9.97 Å². The van der Waals surface area contributed by atoms with Gasteiger partial charge in [0.05, 0.1) is 33.1 Å². The molecule has 0 aliphatic heterocycles. The molecule has 6 heteroatoms. The molecule has 2 N–H and O–H groups in total. The molecular formula is C20H25N4OS+. The Hall–Kier alpha value is -2.18. The van der Waals surface area contributed by atoms with Crippen LogP contribution in [0.2, 0.25) is 0 Å². The average Bonchev–Trinajstić information content (AvgIpc) is 3.23. The quantitative estimate of drug-likeness (QED) is 0.701. The molecule has 0 fully saturated rings. The maximum atomic E-state index is 5.28. The summed E-state index contributed by atoms with van der Waals surface area (Å²) < 4.78 is 5.28. The molecule has 4 rings (SSSR count). The Kier molecular flexibility index (Phi) is 4.78. The Morgan fingerprint density at radius 1 is 1.19 bits per heavy atom. The summed E-state index contributed by atoms with van der Waals surface area (Å²) in [6, 6.07) is 8.68. The SMILES string of the molecule is COc1ccc([C@H](CNc2ncnc3sc4c(c23)CCC4)[NH+](C)C)cc1. The first-order valence-electron chi connectivity index (χ1n) is 9.10. The van der Waals surface area contributed by atoms with E-state index in [9.17, 15) is 0 Å². The van der Waals surface area contributed by atoms with Gasteiger partial charge in [-0.15, -0.1) is 11.3 Å². The van der Waals surface area contributed by atoms with Crippen LogP contribution in [-0.2, 0) is 12.8 Å². The summed E-state index contributed by atoms with van der Waals surface area (Å²) in [6.07, 6.45) is 5.27. The molecule has 1 aliphatic carbocycles. The topological polar surface area (TPSA) is 51.5 Å². The van der Waals surface area contributed by atoms with Gasteiger partial charge in [0.15, 0.2) is 0 Å². The molecule has 136 valence electrons. The summed E-state index contributed by atoms with van der Waals surface area (Å²) in [5.74, 6) is 1.87. The van der Waals surface area contributed by atoms with Crippen molar-refractivity contribution >= 4 is 27.4 Å². The van der Waals surface area contributed by atoms with Crippen LogP contribution in [0.15, 0.2) is 30.6 Å². The lowest BCUT2D eigenvalue weighted by atomic mass is 10.1. The summed E-state index contributed by atoms with van der Waals surface area (Å²) in [5.41, 5.74) is 2.76. The Morgan fingerprint density at radius 3 is 2.73 bits per heavy atom. The van der Waals surface area contributed by atoms with Crippen LogP contribution in [0.1, 0.15) is 28.5 Å². The second-order valence-electron chi connectivity index (χ2n) is 7.04. The van der Waals surface area contributed by atoms with E-state index in [0.717, 1.165) is 29.4 Å². The fraction of sp³-hybridized carbons (Fsp3) is 0.400. The van der Waals surface area contributed by atoms with Crippen LogP contribution >= 0.6 is 11.3 Å². The van der Waals surface area contributed by atoms with Crippen LogP contribution in [0.25, 0.3) is 10.2 Å². The number of aromatic nitrogens is 2. The van der Waals surface area contributed by atoms with E-state index >= 15 is 0 Å². The predicted octanol–water partition coefficient (Wildman–Crippen LogP) is 2.49. The van der Waals surface area contributed by atoms with Crippen molar-refractivity contribution in [3.63, 3.8) is 0 Å². The third-order valence-corrected chi connectivity index (χ3v) is 6.39. The number of nitrogens with one attached hydrogen (secondary N) is 2. The molecule has 3 aromatic rings. The second kappa shape index (κ2) is 7.21. The molecule has 0 unspecified atom stereocenters. The van der Waals surface area contributed by atoms with Crippen LogP contribution < -0.4 is 15.0 Å². The van der Waals surface area contributed by atoms with Gasteiger partial charge in [0.1, 0.15) is 28.8 Å². The predicted molar refractivity (Wildman–Crippen MR) is 106 cm³/mol. The Morgan fingerprint density at radius 2 is 2.00 bits per heavy atom. The Bertz CT molecular complexity index is 904. The average molecular weight is 370 g/mol. The highest BCUT2D eigenvalue weighted by molar-refractivity contribution is 7.19. The fourth-order valence-electron chi connectivity index (χ4n) is 3.75. The molecule has 5 nitrogen and oxygen atoms in total. The lowest BCUT2D eigenvalue weighted by Gasteiger charge is -2.23. The van der Waals surface area contributed by atoms with Crippen LogP contribution in [0.4, 0.5) is 5.82 Å². The highest BCUT2D eigenvalue weighted by Gasteiger charge is 2.23. The molecule has 1 atom stereocenters. The van der Waals surface area contributed by atoms with E-state index < -0.39 is 0 Å². The van der Waals surface area contributed by atoms with Gasteiger partial charge < -0.3 is 15.0 Å². The van der Waals surface area contributed by atoms with Gasteiger partial charge in [-0.25, -0.2) is 9.97 Å². The van der Waals surface area contributed by atoms with E-state index in [1.807, 2.05) is 23.5 Å². The first-order valence-corrected chi connectivity index (χ1v) is 9.92. The molecule has 1 aromatic carbocycles. The van der Waals surface area contributed by atoms with Crippen molar-refractivity contribution in [2.24, 2.45) is 0 Å². The lowest BCUT2D eigenvalue weighted by Crippen LogP contribution is -3.06. The summed E-state index contributed by atoms with van der Waals surface area (Å²) in [7, 11) is 6.08. The smallest absolute Gasteiger partial charge is 0.138 e. The van der Waals surface area contributed by atoms with Crippen molar-refractivity contribution < 1.29 is 9.64 Å². The first kappa shape index (κ1) is 17.2. The van der Waals surface area contributed by atoms with Gasteiger partial charge in [-0.05, 0) is 49.1 Å². The maximum absolute atomic E-state index is 5.28. The zero-order valence-electron chi connectivity index (χ0n) is 15.5. The number of benzene rings is 1. The number of fused-ring (bicyclic) bond motifs is 3. The van der Waals surface area contributed by atoms with Gasteiger partial charge in [-0.2, -0.15) is 0 Å². The van der Waals surface area contributed by atoms with E-state index in [4.69, 9.17) is 4.74 Å². The molecule has 0 saturated heterocycles. The molecule has 0 bridgehead atoms. The number of nitrogens with zero attached hydrogens (tertiary/aromatic N) is 2. The Labute approximate surface area is 158 Å². The molecule has 2 aromatic heterocycles. The monoisotopic (exact) mass is 369 g/mol. The van der Waals surface area contributed by atoms with Gasteiger partial charge in [0, 0.05) is 10.4 Å². The minimum absolute atomic E-state index is 0.331. The maximum Gasteiger partial charge on any atom is 0.138 e. The molecule has 0 saturated carbocycles. The van der Waals surface area contributed by atoms with Gasteiger partial charge in [0.2, 0.25) is 0 Å². The van der Waals surface area contributed by atoms with Crippen LogP contribution in [0.5, 0.6) is 5.75 Å². The molecule has 1 aliphatic rings. The number of anilines is 1. The van der Waals surface area contributed by atoms with E-state index in [-0.39, 0.29) is 0 Å². The zero-order chi connectivity index (χ0) is 18.1. The number of likely N-dealkylation sites (N-methyl/N-ethyl adjacent to an activating group) is 1. The number of ether oxygens (including phenoxy) is 1. The summed E-state index contributed by atoms with van der Waals surface area (Å²) in [4.78, 5) is 13.0. The molecule has 0 radical (unpaired) electrons. The van der Waals surface area contributed by atoms with Crippen molar-refractivity contribution in [1.29, 1.82) is 0 Å². The number of rotatable bonds is 6. The molecule has 0 amide bonds. The summed E-state index contributed by atoms with van der Waals surface area (Å²) >= 11 is 1.83. The summed E-state index contributed by atoms with van der Waals surface area (Å²) in [6.45, 7) is 0.825. The Balaban J connectivity index is 1.59. The van der Waals surface area contributed by atoms with Crippen LogP contribution in [0.3, 0.4) is 0 Å². The van der Waals surface area contributed by atoms with Crippen molar-refractivity contribution in [3.05, 3.63) is 46.6 Å². The van der Waals surface area contributed by atoms with Gasteiger partial charge in [0.25, 0.3) is 0 Å². The van der Waals surface area contributed by atoms with Gasteiger partial charge in [-0.3, -0.25) is 0 Å². The largest absolute Gasteiger partial charge is 0.497 e. The van der Waals surface area contributed by atoms with E-state index in [2.05, 4.69) is 41.5 Å². The first-order chi connectivity index (χ1) is 12.7. The molecule has 2 heterocycles. The highest BCUT2D eigenvalue weighted by atomic mass is 32.1. The van der Waals surface area contributed by atoms with E-state index in [1.54, 1.807) is 13.4 Å². The van der Waals surface area contributed by atoms with Crippen molar-refractivity contribution in [3.8, 4) is 5.75 Å². The van der Waals surface area contributed by atoms with E-state index in [1.165, 1.54) is 39.1 Å². The minimum atomic E-state index is 0.331. The number of thiophene rings is 1. The van der Waals surface area contributed by atoms with Crippen molar-refractivity contribution in [2.75, 3.05) is 33.1 Å². The molecule has 0 spiro atoms. The molecular weight excluding hydrogens is 344 g/mol. The van der Waals surface area contributed by atoms with Crippen LogP contribution in [0, 0.1) is 0 Å². The normalized spacial score (nSPS) is 14.6. The second-order valence-corrected chi connectivity index (χ2v) is 8.13. The third-order valence-electron chi connectivity index (χ3n) is 5.19. The fourth-order valence-corrected chi connectivity index (χ4v) is 4.98. The molecule has 26 heavy (non-hydrogen) atoms. The number of aryl methyl sites for hydroxylation is 2. The van der Waals surface area contributed by atoms with E-state index in [0.29, 0.717) is 6.04 Å². The number of hydrogen-bond acceptors (Lipinski definition) is 5. The third kappa shape index (κ3) is 3.15. The number of quaternary nitrogens is 1. The lowest BCUT2D eigenvalue weighted by molar-refractivity contribution is -0.890. The number of hydrogen-bond donors (Lipinski definition) is 2. The highest BCUT2D eigenvalue weighted by Crippen LogP contribution is 2.39. The van der Waals surface area contributed by atoms with Crippen LogP contribution in [-0.4, -0.2) is 37.7 Å². The van der Waals surface area contributed by atoms with Crippen molar-refractivity contribution in [2.45, 2.75) is 25.3 Å². The summed E-state index contributed by atoms with van der Waals surface area (Å²) in [5, 5.41) is 4.86. The standard InChI is InChI=1S/C20H24N4OS/c1-24(2)16(13-7-9-14(25-3)10-8-13)11-21-19-18-15-5-4-6-17(15)26-20(18)23-12-22-19/h7-10,12,16H,4-6,11H2,1-3H3,(H,21,22,23)/p+1/t16-/m0/s1. The zero-order valence-corrected chi connectivity index (χ0v) is 16.3. The van der Waals surface area contributed by atoms with Gasteiger partial charge in [-0.1, -0.05) is 0 Å². The minimum Gasteiger partial charge on any atom is -0.497 e.